The van der Waals surface area contributed by atoms with E-state index in [2.05, 4.69) is 21.7 Å². The van der Waals surface area contributed by atoms with E-state index < -0.39 is 5.41 Å². The number of carbonyl (C=O) groups excluding carboxylic acids is 1. The van der Waals surface area contributed by atoms with Gasteiger partial charge in [0, 0.05) is 18.2 Å². The summed E-state index contributed by atoms with van der Waals surface area (Å²) in [5, 5.41) is 15.4. The zero-order valence-corrected chi connectivity index (χ0v) is 12.5. The van der Waals surface area contributed by atoms with Crippen molar-refractivity contribution in [3.05, 3.63) is 52.3 Å². The van der Waals surface area contributed by atoms with Crippen LogP contribution in [0.1, 0.15) is 22.7 Å². The predicted octanol–water partition coefficient (Wildman–Crippen LogP) is 1.65. The summed E-state index contributed by atoms with van der Waals surface area (Å²) in [5.41, 5.74) is 7.37. The highest BCUT2D eigenvalue weighted by Gasteiger charge is 2.58. The van der Waals surface area contributed by atoms with Crippen LogP contribution < -0.4 is 16.4 Å². The molecule has 2 aliphatic heterocycles. The molecule has 0 bridgehead atoms. The van der Waals surface area contributed by atoms with Crippen molar-refractivity contribution in [3.63, 3.8) is 0 Å². The quantitative estimate of drug-likeness (QED) is 0.681. The molecule has 7 nitrogen and oxygen atoms in total. The third kappa shape index (κ3) is 1.42. The number of nitrogens with one attached hydrogen (secondary N) is 2. The van der Waals surface area contributed by atoms with Crippen LogP contribution in [0.3, 0.4) is 0 Å². The molecule has 1 unspecified atom stereocenters. The molecule has 0 fully saturated rings. The number of aryl methyl sites for hydroxylation is 2. The normalized spacial score (nSPS) is 21.5. The molecule has 1 spiro atoms. The summed E-state index contributed by atoms with van der Waals surface area (Å²) in [5.74, 6) is 0.435. The van der Waals surface area contributed by atoms with Crippen LogP contribution in [-0.4, -0.2) is 10.9 Å². The number of amides is 1. The monoisotopic (exact) mass is 307 g/mol. The van der Waals surface area contributed by atoms with E-state index in [-0.39, 0.29) is 17.3 Å². The van der Waals surface area contributed by atoms with E-state index in [0.29, 0.717) is 28.7 Å². The molecule has 0 saturated carbocycles. The third-order valence-corrected chi connectivity index (χ3v) is 4.35. The van der Waals surface area contributed by atoms with Gasteiger partial charge in [0.25, 0.3) is 0 Å². The number of hydrogen-bond donors (Lipinski definition) is 3. The smallest absolute Gasteiger partial charge is 0.246 e. The van der Waals surface area contributed by atoms with Crippen LogP contribution in [-0.2, 0) is 10.2 Å². The van der Waals surface area contributed by atoms with Crippen LogP contribution in [0.5, 0.6) is 0 Å². The Balaban J connectivity index is 2.17. The number of hydrogen-bond acceptors (Lipinski definition) is 6. The number of para-hydroxylation sites is 1. The van der Waals surface area contributed by atoms with Crippen molar-refractivity contribution in [2.45, 2.75) is 19.3 Å². The van der Waals surface area contributed by atoms with E-state index in [4.69, 9.17) is 10.2 Å². The number of rotatable bonds is 0. The first kappa shape index (κ1) is 13.4. The van der Waals surface area contributed by atoms with Crippen molar-refractivity contribution in [1.29, 1.82) is 5.26 Å². The predicted molar refractivity (Wildman–Crippen MR) is 82.3 cm³/mol. The molecular weight excluding hydrogens is 294 g/mol. The molecule has 1 atom stereocenters. The van der Waals surface area contributed by atoms with Crippen LogP contribution in [0.15, 0.2) is 34.0 Å². The van der Waals surface area contributed by atoms with Gasteiger partial charge in [-0.2, -0.15) is 5.26 Å². The highest BCUT2D eigenvalue weighted by atomic mass is 16.4. The van der Waals surface area contributed by atoms with Gasteiger partial charge in [-0.05, 0) is 12.5 Å². The van der Waals surface area contributed by atoms with Crippen LogP contribution in [0.2, 0.25) is 0 Å². The Hall–Kier alpha value is -3.27. The molecule has 2 aliphatic rings. The lowest BCUT2D eigenvalue weighted by Crippen LogP contribution is -2.43. The number of fused-ring (bicyclic) bond motifs is 4. The summed E-state index contributed by atoms with van der Waals surface area (Å²) in [7, 11) is 0. The first-order valence-corrected chi connectivity index (χ1v) is 7.07. The Bertz CT molecular complexity index is 950. The molecule has 1 amide bonds. The molecule has 0 saturated heterocycles. The second kappa shape index (κ2) is 4.14. The topological polar surface area (TPSA) is 117 Å². The first-order chi connectivity index (χ1) is 11.0. The van der Waals surface area contributed by atoms with Crippen LogP contribution in [0.4, 0.5) is 11.6 Å². The molecule has 114 valence electrons. The zero-order chi connectivity index (χ0) is 16.4. The van der Waals surface area contributed by atoms with Crippen molar-refractivity contribution in [3.8, 4) is 6.07 Å². The van der Waals surface area contributed by atoms with Crippen molar-refractivity contribution in [1.82, 2.24) is 4.98 Å². The van der Waals surface area contributed by atoms with E-state index in [1.54, 1.807) is 6.92 Å². The summed E-state index contributed by atoms with van der Waals surface area (Å²) in [6.07, 6.45) is 0. The molecule has 1 aromatic carbocycles. The average molecular weight is 307 g/mol. The molecule has 4 N–H and O–H groups in total. The summed E-state index contributed by atoms with van der Waals surface area (Å²) in [6, 6.07) is 7.63. The second-order valence-corrected chi connectivity index (χ2v) is 5.64. The minimum Gasteiger partial charge on any atom is -0.425 e. The van der Waals surface area contributed by atoms with Gasteiger partial charge in [-0.25, -0.2) is 4.98 Å². The number of carbonyl (C=O) groups is 1. The highest BCUT2D eigenvalue weighted by Crippen LogP contribution is 2.52. The lowest BCUT2D eigenvalue weighted by atomic mass is 9.71. The van der Waals surface area contributed by atoms with Crippen molar-refractivity contribution in [2.24, 2.45) is 5.73 Å². The number of nitriles is 1. The van der Waals surface area contributed by atoms with E-state index in [0.717, 1.165) is 5.56 Å². The van der Waals surface area contributed by atoms with Gasteiger partial charge >= 0.3 is 0 Å². The summed E-state index contributed by atoms with van der Waals surface area (Å²) in [6.45, 7) is 3.58. The average Bonchev–Trinajstić information content (AvgIpc) is 3.00. The molecule has 3 heterocycles. The number of oxazole rings is 1. The van der Waals surface area contributed by atoms with Gasteiger partial charge in [0.1, 0.15) is 17.6 Å². The minimum atomic E-state index is -1.38. The Morgan fingerprint density at radius 1 is 1.35 bits per heavy atom. The largest absolute Gasteiger partial charge is 0.425 e. The van der Waals surface area contributed by atoms with Crippen molar-refractivity contribution in [2.75, 3.05) is 10.6 Å². The number of nitrogens with zero attached hydrogens (tertiary/aromatic N) is 2. The third-order valence-electron chi connectivity index (χ3n) is 4.35. The number of benzene rings is 1. The van der Waals surface area contributed by atoms with Gasteiger partial charge in [0.05, 0.1) is 5.57 Å². The van der Waals surface area contributed by atoms with E-state index in [9.17, 15) is 10.1 Å². The maximum atomic E-state index is 13.0. The second-order valence-electron chi connectivity index (χ2n) is 5.64. The van der Waals surface area contributed by atoms with Crippen LogP contribution in [0, 0.1) is 25.2 Å². The fraction of sp³-hybridized carbons (Fsp3) is 0.188. The van der Waals surface area contributed by atoms with E-state index in [1.165, 1.54) is 0 Å². The SMILES string of the molecule is Cc1nc2c(o1)NC(N)=C(C#N)C21C(=O)Nc2c(C)cccc21. The summed E-state index contributed by atoms with van der Waals surface area (Å²) >= 11 is 0. The highest BCUT2D eigenvalue weighted by molar-refractivity contribution is 6.13. The summed E-state index contributed by atoms with van der Waals surface area (Å²) in [4.78, 5) is 17.4. The van der Waals surface area contributed by atoms with Gasteiger partial charge in [0.2, 0.25) is 11.8 Å². The fourth-order valence-corrected chi connectivity index (χ4v) is 3.37. The minimum absolute atomic E-state index is 0.0978. The number of aromatic nitrogens is 1. The lowest BCUT2D eigenvalue weighted by molar-refractivity contribution is -0.118. The maximum absolute atomic E-state index is 13.0. The van der Waals surface area contributed by atoms with Gasteiger partial charge in [-0.1, -0.05) is 18.2 Å². The van der Waals surface area contributed by atoms with Crippen LogP contribution >= 0.6 is 0 Å². The molecule has 7 heteroatoms. The van der Waals surface area contributed by atoms with Gasteiger partial charge in [0.15, 0.2) is 11.3 Å². The zero-order valence-electron chi connectivity index (χ0n) is 12.5. The first-order valence-electron chi connectivity index (χ1n) is 7.07. The fourth-order valence-electron chi connectivity index (χ4n) is 3.37. The standard InChI is InChI=1S/C16H13N5O2/c1-7-4-3-5-9-11(7)20-15(22)16(9)10(6-17)13(18)21-14-12(16)19-8(2)23-14/h3-5,21H,18H2,1-2H3,(H,20,22). The van der Waals surface area contributed by atoms with E-state index in [1.807, 2.05) is 25.1 Å². The van der Waals surface area contributed by atoms with Gasteiger partial charge < -0.3 is 20.8 Å². The molecular formula is C16H13N5O2. The Kier molecular flexibility index (Phi) is 2.41. The van der Waals surface area contributed by atoms with E-state index >= 15 is 0 Å². The Labute approximate surface area is 131 Å². The van der Waals surface area contributed by atoms with Crippen LogP contribution in [0.25, 0.3) is 0 Å². The lowest BCUT2D eigenvalue weighted by Gasteiger charge is -2.30. The Morgan fingerprint density at radius 3 is 2.87 bits per heavy atom. The van der Waals surface area contributed by atoms with Crippen molar-refractivity contribution < 1.29 is 9.21 Å². The molecule has 1 aromatic heterocycles. The van der Waals surface area contributed by atoms with Gasteiger partial charge in [-0.3, -0.25) is 4.79 Å². The summed E-state index contributed by atoms with van der Waals surface area (Å²) < 4.78 is 5.52. The molecule has 2 aromatic rings. The maximum Gasteiger partial charge on any atom is 0.246 e. The van der Waals surface area contributed by atoms with Crippen molar-refractivity contribution >= 4 is 17.5 Å². The molecule has 0 radical (unpaired) electrons. The molecule has 23 heavy (non-hydrogen) atoms. The number of anilines is 2. The molecule has 0 aliphatic carbocycles. The number of nitrogens with two attached hydrogens (primary N) is 1. The molecule has 4 rings (SSSR count). The van der Waals surface area contributed by atoms with Gasteiger partial charge in [-0.15, -0.1) is 0 Å². The Morgan fingerprint density at radius 2 is 2.13 bits per heavy atom.